The summed E-state index contributed by atoms with van der Waals surface area (Å²) in [7, 11) is 0. The van der Waals surface area contributed by atoms with Crippen LogP contribution < -0.4 is 0 Å². The van der Waals surface area contributed by atoms with Crippen molar-refractivity contribution in [1.82, 2.24) is 9.97 Å². The van der Waals surface area contributed by atoms with E-state index >= 15 is 0 Å². The summed E-state index contributed by atoms with van der Waals surface area (Å²) < 4.78 is 0. The van der Waals surface area contributed by atoms with Gasteiger partial charge in [0, 0.05) is 16.7 Å². The Balaban J connectivity index is 1.09. The predicted octanol–water partition coefficient (Wildman–Crippen LogP) is 13.9. The molecule has 0 saturated heterocycles. The fourth-order valence-electron chi connectivity index (χ4n) is 7.72. The van der Waals surface area contributed by atoms with Crippen LogP contribution in [0.3, 0.4) is 0 Å². The molecule has 1 heterocycles. The lowest BCUT2D eigenvalue weighted by Gasteiger charge is -2.15. The molecule has 2 nitrogen and oxygen atoms in total. The molecule has 10 aromatic rings. The summed E-state index contributed by atoms with van der Waals surface area (Å²) >= 11 is 0. The molecule has 10 rings (SSSR count). The number of nitrogens with zero attached hydrogens (tertiary/aromatic N) is 2. The van der Waals surface area contributed by atoms with Crippen molar-refractivity contribution in [3.8, 4) is 67.3 Å². The maximum absolute atomic E-state index is 5.19. The first kappa shape index (κ1) is 31.6. The van der Waals surface area contributed by atoms with E-state index in [0.717, 1.165) is 33.6 Å². The number of fused-ring (bicyclic) bond motifs is 4. The minimum absolute atomic E-state index is 0.699. The molecular weight excluding hydrogens is 653 g/mol. The average molecular weight is 687 g/mol. The summed E-state index contributed by atoms with van der Waals surface area (Å²) in [4.78, 5) is 10.3. The highest BCUT2D eigenvalue weighted by Gasteiger charge is 2.15. The van der Waals surface area contributed by atoms with Gasteiger partial charge in [-0.25, -0.2) is 9.97 Å². The van der Waals surface area contributed by atoms with Crippen molar-refractivity contribution in [2.75, 3.05) is 0 Å². The molecule has 9 aromatic carbocycles. The monoisotopic (exact) mass is 686 g/mol. The topological polar surface area (TPSA) is 25.8 Å². The molecule has 252 valence electrons. The number of aromatic nitrogens is 2. The van der Waals surface area contributed by atoms with Crippen molar-refractivity contribution in [2.24, 2.45) is 0 Å². The minimum Gasteiger partial charge on any atom is -0.228 e. The van der Waals surface area contributed by atoms with Gasteiger partial charge in [0.15, 0.2) is 5.82 Å². The predicted molar refractivity (Wildman–Crippen MR) is 227 cm³/mol. The summed E-state index contributed by atoms with van der Waals surface area (Å²) in [6.07, 6.45) is 0. The molecule has 1 aromatic heterocycles. The van der Waals surface area contributed by atoms with Crippen LogP contribution in [0.2, 0.25) is 0 Å². The Kier molecular flexibility index (Phi) is 7.85. The third kappa shape index (κ3) is 5.81. The second-order valence-corrected chi connectivity index (χ2v) is 13.8. The lowest BCUT2D eigenvalue weighted by Crippen LogP contribution is -1.96. The quantitative estimate of drug-likeness (QED) is 0.129. The summed E-state index contributed by atoms with van der Waals surface area (Å²) in [6, 6.07) is 73.4. The van der Waals surface area contributed by atoms with Crippen molar-refractivity contribution >= 4 is 32.3 Å². The molecule has 0 aliphatic rings. The average Bonchev–Trinajstić information content (AvgIpc) is 3.26. The first-order valence-electron chi connectivity index (χ1n) is 18.4. The summed E-state index contributed by atoms with van der Waals surface area (Å²) in [5, 5.41) is 7.53. The van der Waals surface area contributed by atoms with Crippen LogP contribution in [0.1, 0.15) is 0 Å². The normalized spacial score (nSPS) is 11.3. The molecule has 2 heteroatoms. The van der Waals surface area contributed by atoms with Gasteiger partial charge in [-0.3, -0.25) is 0 Å². The smallest absolute Gasteiger partial charge is 0.160 e. The third-order valence-corrected chi connectivity index (χ3v) is 10.5. The molecule has 0 aliphatic carbocycles. The Bertz CT molecular complexity index is 2830. The van der Waals surface area contributed by atoms with Crippen LogP contribution in [0.4, 0.5) is 0 Å². The first-order chi connectivity index (χ1) is 26.7. The first-order valence-corrected chi connectivity index (χ1v) is 18.4. The number of hydrogen-bond acceptors (Lipinski definition) is 2. The Morgan fingerprint density at radius 1 is 0.241 bits per heavy atom. The number of hydrogen-bond donors (Lipinski definition) is 0. The van der Waals surface area contributed by atoms with E-state index in [-0.39, 0.29) is 0 Å². The van der Waals surface area contributed by atoms with Gasteiger partial charge >= 0.3 is 0 Å². The van der Waals surface area contributed by atoms with E-state index in [4.69, 9.17) is 9.97 Å². The van der Waals surface area contributed by atoms with Crippen LogP contribution in [-0.2, 0) is 0 Å². The molecule has 0 aliphatic heterocycles. The fraction of sp³-hybridized carbons (Fsp3) is 0. The SMILES string of the molecule is c1ccc(-c2ccc(-c3cc(-c4ccc(-c5c6ccccc6cc6c5ccc5ccccc56)cc4)nc(-c4ccc(-c5ccccc5)cc4)n3)cc2)cc1. The van der Waals surface area contributed by atoms with Crippen molar-refractivity contribution in [2.45, 2.75) is 0 Å². The van der Waals surface area contributed by atoms with Gasteiger partial charge in [-0.05, 0) is 77.8 Å². The second-order valence-electron chi connectivity index (χ2n) is 13.8. The minimum atomic E-state index is 0.699. The van der Waals surface area contributed by atoms with E-state index in [0.29, 0.717) is 5.82 Å². The van der Waals surface area contributed by atoms with Crippen LogP contribution in [0, 0.1) is 0 Å². The molecule has 0 spiro atoms. The Labute approximate surface area is 314 Å². The summed E-state index contributed by atoms with van der Waals surface area (Å²) in [6.45, 7) is 0. The summed E-state index contributed by atoms with van der Waals surface area (Å²) in [5.41, 5.74) is 12.0. The van der Waals surface area contributed by atoms with Crippen molar-refractivity contribution in [1.29, 1.82) is 0 Å². The molecule has 0 bridgehead atoms. The maximum atomic E-state index is 5.19. The van der Waals surface area contributed by atoms with Gasteiger partial charge < -0.3 is 0 Å². The van der Waals surface area contributed by atoms with Crippen LogP contribution in [0.15, 0.2) is 206 Å². The van der Waals surface area contributed by atoms with Gasteiger partial charge in [-0.15, -0.1) is 0 Å². The highest BCUT2D eigenvalue weighted by molar-refractivity contribution is 6.20. The van der Waals surface area contributed by atoms with Gasteiger partial charge in [0.1, 0.15) is 0 Å². The van der Waals surface area contributed by atoms with Crippen LogP contribution >= 0.6 is 0 Å². The van der Waals surface area contributed by atoms with E-state index < -0.39 is 0 Å². The lowest BCUT2D eigenvalue weighted by atomic mass is 9.89. The number of benzene rings is 9. The highest BCUT2D eigenvalue weighted by Crippen LogP contribution is 2.40. The molecule has 0 amide bonds. The van der Waals surface area contributed by atoms with E-state index in [1.807, 2.05) is 12.1 Å². The van der Waals surface area contributed by atoms with Crippen LogP contribution in [0.25, 0.3) is 99.6 Å². The third-order valence-electron chi connectivity index (χ3n) is 10.5. The zero-order chi connectivity index (χ0) is 35.8. The lowest BCUT2D eigenvalue weighted by molar-refractivity contribution is 1.18. The largest absolute Gasteiger partial charge is 0.228 e. The highest BCUT2D eigenvalue weighted by atomic mass is 14.9. The maximum Gasteiger partial charge on any atom is 0.160 e. The van der Waals surface area contributed by atoms with E-state index in [1.165, 1.54) is 60.1 Å². The van der Waals surface area contributed by atoms with Crippen molar-refractivity contribution in [3.05, 3.63) is 206 Å². The molecule has 0 atom stereocenters. The molecule has 54 heavy (non-hydrogen) atoms. The van der Waals surface area contributed by atoms with Gasteiger partial charge in [-0.1, -0.05) is 194 Å². The molecule has 0 fully saturated rings. The molecule has 0 unspecified atom stereocenters. The fourth-order valence-corrected chi connectivity index (χ4v) is 7.72. The van der Waals surface area contributed by atoms with Gasteiger partial charge in [0.05, 0.1) is 11.4 Å². The molecule has 0 saturated carbocycles. The van der Waals surface area contributed by atoms with Gasteiger partial charge in [0.2, 0.25) is 0 Å². The van der Waals surface area contributed by atoms with Gasteiger partial charge in [0.25, 0.3) is 0 Å². The van der Waals surface area contributed by atoms with Crippen molar-refractivity contribution in [3.63, 3.8) is 0 Å². The second kappa shape index (κ2) is 13.4. The molecular formula is C52H34N2. The van der Waals surface area contributed by atoms with E-state index in [2.05, 4.69) is 194 Å². The Morgan fingerprint density at radius 3 is 1.28 bits per heavy atom. The Hall–Kier alpha value is -7.16. The molecule has 0 N–H and O–H groups in total. The molecule has 0 radical (unpaired) electrons. The summed E-state index contributed by atoms with van der Waals surface area (Å²) in [5.74, 6) is 0.699. The van der Waals surface area contributed by atoms with Crippen LogP contribution in [-0.4, -0.2) is 9.97 Å². The zero-order valence-corrected chi connectivity index (χ0v) is 29.5. The number of rotatable bonds is 6. The van der Waals surface area contributed by atoms with Gasteiger partial charge in [-0.2, -0.15) is 0 Å². The Morgan fingerprint density at radius 2 is 0.685 bits per heavy atom. The van der Waals surface area contributed by atoms with Crippen LogP contribution in [0.5, 0.6) is 0 Å². The van der Waals surface area contributed by atoms with E-state index in [9.17, 15) is 0 Å². The standard InChI is InChI=1S/C52H34N2/c1-3-11-35(12-4-1)37-19-23-40(24-20-37)49-34-50(54-52(53-49)43-29-21-38(22-30-43)36-13-5-2-6-14-36)41-25-27-42(28-26-41)51-46-18-10-8-16-44(46)33-48-45-17-9-7-15-39(45)31-32-47(48)51/h1-34H. The zero-order valence-electron chi connectivity index (χ0n) is 29.5. The van der Waals surface area contributed by atoms with Crippen molar-refractivity contribution < 1.29 is 0 Å². The van der Waals surface area contributed by atoms with E-state index in [1.54, 1.807) is 0 Å².